The summed E-state index contributed by atoms with van der Waals surface area (Å²) in [6, 6.07) is 24.8. The normalized spacial score (nSPS) is 18.3. The molecule has 312 valence electrons. The molecule has 3 aromatic carbocycles. The predicted molar refractivity (Wildman–Crippen MR) is 210 cm³/mol. The molecule has 0 radical (unpaired) electrons. The minimum Gasteiger partial charge on any atom is -0.497 e. The molecule has 59 heavy (non-hydrogen) atoms. The Morgan fingerprint density at radius 1 is 0.864 bits per heavy atom. The maximum atomic E-state index is 12.0. The molecule has 0 saturated carbocycles. The number of aromatic nitrogens is 4. The van der Waals surface area contributed by atoms with Crippen LogP contribution in [0.25, 0.3) is 11.2 Å². The highest BCUT2D eigenvalue weighted by atomic mass is 16.7. The lowest BCUT2D eigenvalue weighted by Crippen LogP contribution is -2.40. The second kappa shape index (κ2) is 19.6. The van der Waals surface area contributed by atoms with Gasteiger partial charge < -0.3 is 48.3 Å². The van der Waals surface area contributed by atoms with Crippen LogP contribution in [0.2, 0.25) is 0 Å². The molecule has 1 aliphatic heterocycles. The molecular formula is C42H47N5O12. The summed E-state index contributed by atoms with van der Waals surface area (Å²) in [4.78, 5) is 48.0. The van der Waals surface area contributed by atoms with Gasteiger partial charge in [-0.3, -0.25) is 19.0 Å². The number of hydrogen-bond acceptors (Lipinski definition) is 15. The van der Waals surface area contributed by atoms with E-state index in [1.165, 1.54) is 33.4 Å². The Morgan fingerprint density at radius 3 is 2.10 bits per heavy atom. The fraction of sp³-hybridized carbons (Fsp3) is 0.381. The van der Waals surface area contributed by atoms with E-state index in [2.05, 4.69) is 20.3 Å². The maximum absolute atomic E-state index is 12.0. The standard InChI is InChI=1S/C42H47N5O12/c1-26(48)46-39-36-40(44-23-43-39)47(24-45-36)41-38(56-25-54-20-19-34(58-28(3)50)21-55-27(2)49)37(51)35(59-41)22-57-42(29-9-7-6-8-10-29,30-11-15-32(52-4)16-12-30)31-13-17-33(53-5)18-14-31/h6-18,23-24,34-35,37-38,41,51H,19-22,25H2,1-5H3,(H,43,44,46,48)/t34?,35-,37-,38-,41-/m1/s1. The summed E-state index contributed by atoms with van der Waals surface area (Å²) in [6.45, 7) is 3.36. The van der Waals surface area contributed by atoms with Crippen molar-refractivity contribution in [3.63, 3.8) is 0 Å². The molecule has 0 bridgehead atoms. The smallest absolute Gasteiger partial charge is 0.303 e. The third-order valence-electron chi connectivity index (χ3n) is 9.61. The Labute approximate surface area is 340 Å². The van der Waals surface area contributed by atoms with Crippen LogP contribution in [0.1, 0.15) is 50.1 Å². The molecule has 1 saturated heterocycles. The van der Waals surface area contributed by atoms with Crippen molar-refractivity contribution < 1.29 is 57.4 Å². The van der Waals surface area contributed by atoms with Gasteiger partial charge in [0.2, 0.25) is 5.91 Å². The second-order valence-electron chi connectivity index (χ2n) is 13.6. The number of esters is 2. The van der Waals surface area contributed by atoms with Crippen molar-refractivity contribution in [1.82, 2.24) is 19.5 Å². The third-order valence-corrected chi connectivity index (χ3v) is 9.61. The first-order chi connectivity index (χ1) is 28.5. The maximum Gasteiger partial charge on any atom is 0.303 e. The fourth-order valence-electron chi connectivity index (χ4n) is 6.86. The number of amides is 1. The first-order valence-electron chi connectivity index (χ1n) is 18.8. The van der Waals surface area contributed by atoms with Crippen molar-refractivity contribution in [2.75, 3.05) is 46.1 Å². The molecule has 1 aliphatic rings. The average molecular weight is 814 g/mol. The number of imidazole rings is 1. The summed E-state index contributed by atoms with van der Waals surface area (Å²) in [6.07, 6.45) is -2.12. The van der Waals surface area contributed by atoms with Crippen molar-refractivity contribution in [2.24, 2.45) is 0 Å². The number of carbonyl (C=O) groups excluding carboxylic acids is 3. The number of rotatable bonds is 19. The summed E-state index contributed by atoms with van der Waals surface area (Å²) >= 11 is 0. The van der Waals surface area contributed by atoms with E-state index in [4.69, 9.17) is 37.9 Å². The minimum absolute atomic E-state index is 0.0602. The molecule has 1 unspecified atom stereocenters. The van der Waals surface area contributed by atoms with E-state index >= 15 is 0 Å². The topological polar surface area (TPSA) is 201 Å². The molecule has 0 spiro atoms. The number of aliphatic hydroxyl groups is 1. The zero-order valence-corrected chi connectivity index (χ0v) is 33.3. The van der Waals surface area contributed by atoms with Crippen molar-refractivity contribution in [3.8, 4) is 11.5 Å². The van der Waals surface area contributed by atoms with E-state index < -0.39 is 48.2 Å². The van der Waals surface area contributed by atoms with Gasteiger partial charge in [-0.1, -0.05) is 54.6 Å². The number of hydrogen-bond donors (Lipinski definition) is 2. The van der Waals surface area contributed by atoms with Gasteiger partial charge in [0, 0.05) is 27.2 Å². The molecule has 3 heterocycles. The Kier molecular flexibility index (Phi) is 14.2. The summed E-state index contributed by atoms with van der Waals surface area (Å²) in [7, 11) is 3.19. The summed E-state index contributed by atoms with van der Waals surface area (Å²) in [5.74, 6) is 0.129. The molecule has 5 aromatic rings. The van der Waals surface area contributed by atoms with Crippen LogP contribution in [-0.2, 0) is 48.4 Å². The quantitative estimate of drug-likeness (QED) is 0.0517. The van der Waals surface area contributed by atoms with Crippen molar-refractivity contribution in [3.05, 3.63) is 108 Å². The second-order valence-corrected chi connectivity index (χ2v) is 13.6. The Morgan fingerprint density at radius 2 is 1.51 bits per heavy atom. The number of nitrogens with one attached hydrogen (secondary N) is 1. The highest BCUT2D eigenvalue weighted by molar-refractivity contribution is 5.95. The number of carbonyl (C=O) groups is 3. The zero-order chi connectivity index (χ0) is 41.9. The van der Waals surface area contributed by atoms with E-state index in [1.54, 1.807) is 18.8 Å². The Balaban J connectivity index is 1.31. The summed E-state index contributed by atoms with van der Waals surface area (Å²) in [5.41, 5.74) is 1.76. The van der Waals surface area contributed by atoms with Crippen LogP contribution in [0.3, 0.4) is 0 Å². The van der Waals surface area contributed by atoms with Gasteiger partial charge in [-0.05, 0) is 41.0 Å². The summed E-state index contributed by atoms with van der Waals surface area (Å²) in [5, 5.41) is 14.7. The molecule has 0 aliphatic carbocycles. The molecule has 17 heteroatoms. The van der Waals surface area contributed by atoms with E-state index in [9.17, 15) is 19.5 Å². The highest BCUT2D eigenvalue weighted by Gasteiger charge is 2.48. The number of aliphatic hydroxyl groups excluding tert-OH is 1. The minimum atomic E-state index is -1.28. The average Bonchev–Trinajstić information content (AvgIpc) is 3.81. The highest BCUT2D eigenvalue weighted by Crippen LogP contribution is 2.43. The lowest BCUT2D eigenvalue weighted by molar-refractivity contribution is -0.160. The van der Waals surface area contributed by atoms with Gasteiger partial charge in [0.1, 0.15) is 61.2 Å². The number of nitrogens with zero attached hydrogens (tertiary/aromatic N) is 4. The SMILES string of the molecule is COc1ccc(C(OC[C@H]2O[C@@H](n3cnc4c(NC(C)=O)ncnc43)[C@H](OCOCCC(COC(C)=O)OC(C)=O)[C@@H]2O)(c2ccccc2)c2ccc(OC)cc2)cc1. The van der Waals surface area contributed by atoms with Crippen molar-refractivity contribution >= 4 is 34.8 Å². The van der Waals surface area contributed by atoms with E-state index in [1.807, 2.05) is 78.9 Å². The van der Waals surface area contributed by atoms with Gasteiger partial charge in [0.15, 0.2) is 23.2 Å². The van der Waals surface area contributed by atoms with Gasteiger partial charge in [-0.25, -0.2) is 15.0 Å². The van der Waals surface area contributed by atoms with Crippen LogP contribution in [0.4, 0.5) is 5.82 Å². The largest absolute Gasteiger partial charge is 0.497 e. The molecule has 2 aromatic heterocycles. The summed E-state index contributed by atoms with van der Waals surface area (Å²) < 4.78 is 48.4. The lowest BCUT2D eigenvalue weighted by atomic mass is 9.80. The molecule has 6 rings (SSSR count). The first-order valence-corrected chi connectivity index (χ1v) is 18.8. The number of methoxy groups -OCH3 is 2. The Bertz CT molecular complexity index is 2120. The Hall–Kier alpha value is -5.98. The predicted octanol–water partition coefficient (Wildman–Crippen LogP) is 4.31. The number of fused-ring (bicyclic) bond motifs is 1. The van der Waals surface area contributed by atoms with Crippen LogP contribution in [0.5, 0.6) is 11.5 Å². The van der Waals surface area contributed by atoms with Gasteiger partial charge in [-0.2, -0.15) is 0 Å². The third kappa shape index (κ3) is 10.0. The van der Waals surface area contributed by atoms with Crippen LogP contribution in [-0.4, -0.2) is 108 Å². The molecule has 1 amide bonds. The monoisotopic (exact) mass is 813 g/mol. The van der Waals surface area contributed by atoms with Crippen molar-refractivity contribution in [2.45, 2.75) is 63.4 Å². The van der Waals surface area contributed by atoms with E-state index in [0.717, 1.165) is 16.7 Å². The van der Waals surface area contributed by atoms with Gasteiger partial charge in [-0.15, -0.1) is 0 Å². The number of ether oxygens (including phenoxy) is 8. The van der Waals surface area contributed by atoms with Gasteiger partial charge in [0.05, 0.1) is 33.8 Å². The molecule has 5 atom stereocenters. The van der Waals surface area contributed by atoms with Crippen LogP contribution < -0.4 is 14.8 Å². The lowest BCUT2D eigenvalue weighted by Gasteiger charge is -2.37. The number of anilines is 1. The number of benzene rings is 3. The molecule has 1 fully saturated rings. The fourth-order valence-corrected chi connectivity index (χ4v) is 6.86. The van der Waals surface area contributed by atoms with E-state index in [0.29, 0.717) is 22.7 Å². The van der Waals surface area contributed by atoms with Crippen LogP contribution in [0.15, 0.2) is 91.5 Å². The first kappa shape index (κ1) is 42.6. The van der Waals surface area contributed by atoms with Gasteiger partial charge >= 0.3 is 11.9 Å². The molecule has 2 N–H and O–H groups in total. The zero-order valence-electron chi connectivity index (χ0n) is 33.3. The molecule has 17 nitrogen and oxygen atoms in total. The van der Waals surface area contributed by atoms with Gasteiger partial charge in [0.25, 0.3) is 0 Å². The van der Waals surface area contributed by atoms with E-state index in [-0.39, 0.29) is 44.8 Å². The molecular weight excluding hydrogens is 766 g/mol. The van der Waals surface area contributed by atoms with Crippen molar-refractivity contribution in [1.29, 1.82) is 0 Å². The van der Waals surface area contributed by atoms with Crippen LogP contribution >= 0.6 is 0 Å². The van der Waals surface area contributed by atoms with Crippen LogP contribution in [0, 0.1) is 0 Å².